The highest BCUT2D eigenvalue weighted by atomic mass is 35.5. The number of hydrogen-bond donors (Lipinski definition) is 1. The molecule has 1 aromatic heterocycles. The van der Waals surface area contributed by atoms with E-state index < -0.39 is 0 Å². The molecule has 0 aliphatic carbocycles. The molecule has 0 saturated carbocycles. The van der Waals surface area contributed by atoms with E-state index in [1.165, 1.54) is 5.82 Å². The number of nitrogens with zero attached hydrogens (tertiary/aromatic N) is 2. The van der Waals surface area contributed by atoms with E-state index in [-0.39, 0.29) is 5.41 Å². The van der Waals surface area contributed by atoms with Crippen LogP contribution in [0.15, 0.2) is 18.2 Å². The Kier molecular flexibility index (Phi) is 3.27. The fraction of sp³-hybridized carbons (Fsp3) is 0.533. The third kappa shape index (κ3) is 2.05. The standard InChI is InChI=1S/C15H20ClN3/c1-3-9-19-13-11(16)5-4-6-12(13)18-14(19)15(2)7-8-17-10-15/h4-6,17H,3,7-10H2,1-2H3. The Morgan fingerprint density at radius 1 is 1.47 bits per heavy atom. The van der Waals surface area contributed by atoms with Crippen molar-refractivity contribution in [2.75, 3.05) is 13.1 Å². The summed E-state index contributed by atoms with van der Waals surface area (Å²) in [5.41, 5.74) is 2.23. The molecule has 0 radical (unpaired) electrons. The number of para-hydroxylation sites is 1. The van der Waals surface area contributed by atoms with E-state index in [2.05, 4.69) is 29.8 Å². The highest BCUT2D eigenvalue weighted by Gasteiger charge is 2.35. The number of nitrogens with one attached hydrogen (secondary N) is 1. The predicted molar refractivity (Wildman–Crippen MR) is 79.9 cm³/mol. The highest BCUT2D eigenvalue weighted by molar-refractivity contribution is 6.35. The lowest BCUT2D eigenvalue weighted by molar-refractivity contribution is 0.458. The maximum absolute atomic E-state index is 6.39. The van der Waals surface area contributed by atoms with E-state index >= 15 is 0 Å². The van der Waals surface area contributed by atoms with E-state index in [4.69, 9.17) is 16.6 Å². The molecular formula is C15H20ClN3. The zero-order valence-corrected chi connectivity index (χ0v) is 12.3. The largest absolute Gasteiger partial charge is 0.326 e. The molecule has 1 saturated heterocycles. The molecule has 4 heteroatoms. The molecule has 1 atom stereocenters. The van der Waals surface area contributed by atoms with Crippen molar-refractivity contribution in [2.45, 2.75) is 38.6 Å². The molecule has 3 rings (SSSR count). The van der Waals surface area contributed by atoms with E-state index in [9.17, 15) is 0 Å². The summed E-state index contributed by atoms with van der Waals surface area (Å²) >= 11 is 6.39. The first-order valence-electron chi connectivity index (χ1n) is 7.01. The van der Waals surface area contributed by atoms with Crippen molar-refractivity contribution in [3.05, 3.63) is 29.0 Å². The second-order valence-corrected chi connectivity index (χ2v) is 6.09. The molecule has 1 aliphatic heterocycles. The summed E-state index contributed by atoms with van der Waals surface area (Å²) in [6.07, 6.45) is 2.23. The van der Waals surface area contributed by atoms with Gasteiger partial charge in [0.1, 0.15) is 5.82 Å². The van der Waals surface area contributed by atoms with Gasteiger partial charge in [0.15, 0.2) is 0 Å². The molecule has 0 bridgehead atoms. The lowest BCUT2D eigenvalue weighted by atomic mass is 9.88. The minimum atomic E-state index is 0.123. The summed E-state index contributed by atoms with van der Waals surface area (Å²) < 4.78 is 2.32. The molecule has 0 amide bonds. The summed E-state index contributed by atoms with van der Waals surface area (Å²) in [5.74, 6) is 1.18. The van der Waals surface area contributed by atoms with Gasteiger partial charge in [-0.05, 0) is 31.5 Å². The number of aromatic nitrogens is 2. The van der Waals surface area contributed by atoms with Crippen molar-refractivity contribution in [1.29, 1.82) is 0 Å². The SMILES string of the molecule is CCCn1c(C2(C)CCNC2)nc2cccc(Cl)c21. The summed E-state index contributed by atoms with van der Waals surface area (Å²) in [4.78, 5) is 4.88. The topological polar surface area (TPSA) is 29.9 Å². The Labute approximate surface area is 119 Å². The van der Waals surface area contributed by atoms with E-state index in [1.807, 2.05) is 12.1 Å². The zero-order valence-electron chi connectivity index (χ0n) is 11.5. The Bertz CT molecular complexity index is 597. The number of hydrogen-bond acceptors (Lipinski definition) is 2. The summed E-state index contributed by atoms with van der Waals surface area (Å²) in [7, 11) is 0. The second kappa shape index (κ2) is 4.80. The van der Waals surface area contributed by atoms with E-state index in [0.717, 1.165) is 48.5 Å². The molecule has 1 unspecified atom stereocenters. The van der Waals surface area contributed by atoms with Crippen LogP contribution in [0.3, 0.4) is 0 Å². The van der Waals surface area contributed by atoms with Crippen LogP contribution in [0.1, 0.15) is 32.5 Å². The van der Waals surface area contributed by atoms with Gasteiger partial charge in [0.25, 0.3) is 0 Å². The maximum atomic E-state index is 6.39. The zero-order chi connectivity index (χ0) is 13.5. The first-order chi connectivity index (χ1) is 9.15. The van der Waals surface area contributed by atoms with Crippen LogP contribution >= 0.6 is 11.6 Å². The third-order valence-corrected chi connectivity index (χ3v) is 4.38. The quantitative estimate of drug-likeness (QED) is 0.932. The fourth-order valence-electron chi connectivity index (χ4n) is 3.05. The minimum absolute atomic E-state index is 0.123. The van der Waals surface area contributed by atoms with Gasteiger partial charge in [-0.25, -0.2) is 4.98 Å². The number of imidazole rings is 1. The second-order valence-electron chi connectivity index (χ2n) is 5.68. The first-order valence-corrected chi connectivity index (χ1v) is 7.39. The minimum Gasteiger partial charge on any atom is -0.326 e. The van der Waals surface area contributed by atoms with Crippen LogP contribution < -0.4 is 5.32 Å². The summed E-state index contributed by atoms with van der Waals surface area (Å²) in [6.45, 7) is 7.54. The van der Waals surface area contributed by atoms with Crippen LogP contribution in [0.5, 0.6) is 0 Å². The molecule has 1 fully saturated rings. The van der Waals surface area contributed by atoms with E-state index in [0.29, 0.717) is 0 Å². The van der Waals surface area contributed by atoms with Crippen molar-refractivity contribution < 1.29 is 0 Å². The van der Waals surface area contributed by atoms with Gasteiger partial charge in [0.2, 0.25) is 0 Å². The summed E-state index contributed by atoms with van der Waals surface area (Å²) in [6, 6.07) is 5.99. The molecule has 2 heterocycles. The average Bonchev–Trinajstić information content (AvgIpc) is 2.96. The van der Waals surface area contributed by atoms with Gasteiger partial charge in [0.05, 0.1) is 16.1 Å². The van der Waals surface area contributed by atoms with Crippen molar-refractivity contribution in [2.24, 2.45) is 0 Å². The normalized spacial score (nSPS) is 23.3. The Morgan fingerprint density at radius 2 is 2.32 bits per heavy atom. The number of rotatable bonds is 3. The Morgan fingerprint density at radius 3 is 3.00 bits per heavy atom. The number of benzene rings is 1. The molecule has 0 spiro atoms. The smallest absolute Gasteiger partial charge is 0.117 e. The number of halogens is 1. The lowest BCUT2D eigenvalue weighted by Crippen LogP contribution is -2.29. The van der Waals surface area contributed by atoms with Crippen LogP contribution in [0.25, 0.3) is 11.0 Å². The highest BCUT2D eigenvalue weighted by Crippen LogP contribution is 2.34. The Balaban J connectivity index is 2.23. The van der Waals surface area contributed by atoms with Crippen LogP contribution in [0, 0.1) is 0 Å². The van der Waals surface area contributed by atoms with E-state index in [1.54, 1.807) is 0 Å². The average molecular weight is 278 g/mol. The maximum Gasteiger partial charge on any atom is 0.117 e. The fourth-order valence-corrected chi connectivity index (χ4v) is 3.32. The van der Waals surface area contributed by atoms with Gasteiger partial charge in [0, 0.05) is 18.5 Å². The monoisotopic (exact) mass is 277 g/mol. The van der Waals surface area contributed by atoms with Gasteiger partial charge in [-0.1, -0.05) is 31.5 Å². The van der Waals surface area contributed by atoms with Crippen molar-refractivity contribution in [3.63, 3.8) is 0 Å². The molecular weight excluding hydrogens is 258 g/mol. The number of fused-ring (bicyclic) bond motifs is 1. The van der Waals surface area contributed by atoms with Crippen LogP contribution in [-0.4, -0.2) is 22.6 Å². The molecule has 1 N–H and O–H groups in total. The van der Waals surface area contributed by atoms with Gasteiger partial charge in [-0.15, -0.1) is 0 Å². The molecule has 102 valence electrons. The third-order valence-electron chi connectivity index (χ3n) is 4.07. The van der Waals surface area contributed by atoms with Crippen molar-refractivity contribution in [1.82, 2.24) is 14.9 Å². The molecule has 1 aromatic carbocycles. The lowest BCUT2D eigenvalue weighted by Gasteiger charge is -2.23. The van der Waals surface area contributed by atoms with Gasteiger partial charge >= 0.3 is 0 Å². The van der Waals surface area contributed by atoms with Crippen molar-refractivity contribution in [3.8, 4) is 0 Å². The van der Waals surface area contributed by atoms with Crippen LogP contribution in [-0.2, 0) is 12.0 Å². The number of aryl methyl sites for hydroxylation is 1. The van der Waals surface area contributed by atoms with Gasteiger partial charge in [-0.2, -0.15) is 0 Å². The molecule has 1 aliphatic rings. The van der Waals surface area contributed by atoms with Gasteiger partial charge < -0.3 is 9.88 Å². The predicted octanol–water partition coefficient (Wildman–Crippen LogP) is 3.35. The molecule has 19 heavy (non-hydrogen) atoms. The van der Waals surface area contributed by atoms with Crippen molar-refractivity contribution >= 4 is 22.6 Å². The van der Waals surface area contributed by atoms with Gasteiger partial charge in [-0.3, -0.25) is 0 Å². The molecule has 2 aromatic rings. The van der Waals surface area contributed by atoms with Crippen LogP contribution in [0.4, 0.5) is 0 Å². The summed E-state index contributed by atoms with van der Waals surface area (Å²) in [5, 5.41) is 4.26. The first kappa shape index (κ1) is 12.9. The Hall–Kier alpha value is -1.06. The van der Waals surface area contributed by atoms with Crippen LogP contribution in [0.2, 0.25) is 5.02 Å². The molecule has 3 nitrogen and oxygen atoms in total.